The Bertz CT molecular complexity index is 1350. The second-order valence-corrected chi connectivity index (χ2v) is 13.7. The number of carbonyl (C=O) groups is 1. The topological polar surface area (TPSA) is 83.1 Å². The third-order valence-electron chi connectivity index (χ3n) is 7.69. The lowest BCUT2D eigenvalue weighted by Gasteiger charge is -2.27. The van der Waals surface area contributed by atoms with E-state index in [-0.39, 0.29) is 10.8 Å². The third-order valence-corrected chi connectivity index (χ3v) is 10.6. The van der Waals surface area contributed by atoms with Crippen LogP contribution >= 0.6 is 11.3 Å². The number of nitrogens with zero attached hydrogens (tertiary/aromatic N) is 4. The number of morpholine rings is 1. The van der Waals surface area contributed by atoms with Gasteiger partial charge in [0.25, 0.3) is 5.91 Å². The van der Waals surface area contributed by atoms with E-state index in [9.17, 15) is 13.2 Å². The molecule has 0 bridgehead atoms. The number of sulfonamides is 1. The Balaban J connectivity index is 1.57. The van der Waals surface area contributed by atoms with E-state index >= 15 is 0 Å². The number of fused-ring (bicyclic) bond motifs is 1. The smallest absolute Gasteiger partial charge is 0.260 e. The van der Waals surface area contributed by atoms with Crippen LogP contribution in [0.1, 0.15) is 67.4 Å². The van der Waals surface area contributed by atoms with Crippen molar-refractivity contribution in [1.82, 2.24) is 14.2 Å². The van der Waals surface area contributed by atoms with Gasteiger partial charge in [0, 0.05) is 44.8 Å². The van der Waals surface area contributed by atoms with E-state index in [1.165, 1.54) is 22.5 Å². The van der Waals surface area contributed by atoms with Crippen molar-refractivity contribution in [2.75, 3.05) is 57.4 Å². The maximum atomic E-state index is 13.9. The average molecular weight is 601 g/mol. The van der Waals surface area contributed by atoms with Crippen molar-refractivity contribution in [2.24, 2.45) is 0 Å². The van der Waals surface area contributed by atoms with Crippen LogP contribution in [-0.2, 0) is 14.8 Å². The number of hydrogen-bond acceptors (Lipinski definition) is 7. The van der Waals surface area contributed by atoms with Gasteiger partial charge in [-0.05, 0) is 80.6 Å². The highest BCUT2D eigenvalue weighted by molar-refractivity contribution is 7.89. The molecule has 0 radical (unpaired) electrons. The third kappa shape index (κ3) is 7.93. The zero-order valence-corrected chi connectivity index (χ0v) is 26.5. The molecule has 0 aliphatic carbocycles. The van der Waals surface area contributed by atoms with Crippen LogP contribution in [0, 0.1) is 13.8 Å². The van der Waals surface area contributed by atoms with E-state index in [4.69, 9.17) is 9.72 Å². The Hall–Kier alpha value is -2.37. The number of aryl methyl sites for hydroxylation is 2. The number of aromatic nitrogens is 1. The highest BCUT2D eigenvalue weighted by Crippen LogP contribution is 2.32. The molecule has 0 unspecified atom stereocenters. The molecule has 1 amide bonds. The van der Waals surface area contributed by atoms with Gasteiger partial charge in [-0.2, -0.15) is 4.31 Å². The molecule has 1 aliphatic heterocycles. The van der Waals surface area contributed by atoms with Crippen LogP contribution < -0.4 is 4.90 Å². The molecule has 3 aromatic rings. The molecular formula is C31H44N4O4S2. The van der Waals surface area contributed by atoms with Crippen molar-refractivity contribution in [3.63, 3.8) is 0 Å². The summed E-state index contributed by atoms with van der Waals surface area (Å²) in [6, 6.07) is 10.6. The molecule has 1 saturated heterocycles. The predicted octanol–water partition coefficient (Wildman–Crippen LogP) is 5.87. The van der Waals surface area contributed by atoms with Gasteiger partial charge >= 0.3 is 0 Å². The lowest BCUT2D eigenvalue weighted by Crippen LogP contribution is -2.39. The number of hydrogen-bond donors (Lipinski definition) is 0. The van der Waals surface area contributed by atoms with E-state index in [1.807, 2.05) is 0 Å². The molecule has 41 heavy (non-hydrogen) atoms. The summed E-state index contributed by atoms with van der Waals surface area (Å²) in [5.74, 6) is -0.169. The minimum atomic E-state index is -3.63. The molecule has 1 fully saturated rings. The van der Waals surface area contributed by atoms with Crippen molar-refractivity contribution < 1.29 is 17.9 Å². The molecule has 0 saturated carbocycles. The Morgan fingerprint density at radius 3 is 2.22 bits per heavy atom. The Kier molecular flexibility index (Phi) is 11.3. The van der Waals surface area contributed by atoms with Gasteiger partial charge < -0.3 is 4.74 Å². The second-order valence-electron chi connectivity index (χ2n) is 10.8. The number of amides is 1. The van der Waals surface area contributed by atoms with Gasteiger partial charge in [0.2, 0.25) is 10.0 Å². The van der Waals surface area contributed by atoms with E-state index in [0.717, 1.165) is 75.2 Å². The Labute approximate surface area is 249 Å². The molecule has 224 valence electrons. The zero-order chi connectivity index (χ0) is 29.4. The quantitative estimate of drug-likeness (QED) is 0.230. The average Bonchev–Trinajstić information content (AvgIpc) is 3.37. The molecule has 2 heterocycles. The standard InChI is InChI=1S/C31H44N4O4S2/c1-5-7-15-34(16-8-6-2)41(37,38)27-12-10-26(11-13-27)30(36)35(17-9-14-33-18-20-39-21-19-33)31-32-28-22-24(3)25(4)23-29(28)40-31/h10-13,22-23H,5-9,14-21H2,1-4H3. The van der Waals surface area contributed by atoms with Crippen molar-refractivity contribution >= 4 is 42.6 Å². The Morgan fingerprint density at radius 1 is 0.951 bits per heavy atom. The fraction of sp³-hybridized carbons (Fsp3) is 0.548. The second kappa shape index (κ2) is 14.7. The predicted molar refractivity (Wildman–Crippen MR) is 168 cm³/mol. The monoisotopic (exact) mass is 600 g/mol. The van der Waals surface area contributed by atoms with Crippen LogP contribution in [-0.4, -0.2) is 81.0 Å². The molecule has 10 heteroatoms. The van der Waals surface area contributed by atoms with Gasteiger partial charge in [0.05, 0.1) is 28.3 Å². The SMILES string of the molecule is CCCCN(CCCC)S(=O)(=O)c1ccc(C(=O)N(CCCN2CCOCC2)c2nc3cc(C)c(C)cc3s2)cc1. The summed E-state index contributed by atoms with van der Waals surface area (Å²) >= 11 is 1.52. The minimum absolute atomic E-state index is 0.169. The van der Waals surface area contributed by atoms with Crippen LogP contribution in [0.4, 0.5) is 5.13 Å². The van der Waals surface area contributed by atoms with E-state index < -0.39 is 10.0 Å². The summed E-state index contributed by atoms with van der Waals surface area (Å²) in [5.41, 5.74) is 3.71. The van der Waals surface area contributed by atoms with Gasteiger partial charge in [-0.3, -0.25) is 14.6 Å². The summed E-state index contributed by atoms with van der Waals surface area (Å²) in [5, 5.41) is 0.666. The van der Waals surface area contributed by atoms with Gasteiger partial charge in [-0.25, -0.2) is 13.4 Å². The first-order valence-corrected chi connectivity index (χ1v) is 17.1. The molecule has 1 aliphatic rings. The van der Waals surface area contributed by atoms with Gasteiger partial charge in [-0.15, -0.1) is 0 Å². The number of rotatable bonds is 14. The first-order valence-electron chi connectivity index (χ1n) is 14.8. The summed E-state index contributed by atoms with van der Waals surface area (Å²) < 4.78 is 35.0. The zero-order valence-electron chi connectivity index (χ0n) is 24.9. The number of carbonyl (C=O) groups excluding carboxylic acids is 1. The highest BCUT2D eigenvalue weighted by Gasteiger charge is 2.26. The first-order chi connectivity index (χ1) is 19.7. The van der Waals surface area contributed by atoms with Crippen LogP contribution in [0.2, 0.25) is 0 Å². The number of thiazole rings is 1. The Morgan fingerprint density at radius 2 is 1.59 bits per heavy atom. The summed E-state index contributed by atoms with van der Waals surface area (Å²) in [7, 11) is -3.63. The van der Waals surface area contributed by atoms with Crippen LogP contribution in [0.15, 0.2) is 41.3 Å². The van der Waals surface area contributed by atoms with Crippen molar-refractivity contribution in [3.8, 4) is 0 Å². The number of unbranched alkanes of at least 4 members (excludes halogenated alkanes) is 2. The number of ether oxygens (including phenoxy) is 1. The largest absolute Gasteiger partial charge is 0.379 e. The van der Waals surface area contributed by atoms with Gasteiger partial charge in [0.15, 0.2) is 5.13 Å². The summed E-state index contributed by atoms with van der Waals surface area (Å²) in [4.78, 5) is 23.1. The molecule has 0 atom stereocenters. The fourth-order valence-electron chi connectivity index (χ4n) is 4.94. The van der Waals surface area contributed by atoms with Crippen LogP contribution in [0.25, 0.3) is 10.2 Å². The van der Waals surface area contributed by atoms with Crippen molar-refractivity contribution in [3.05, 3.63) is 53.1 Å². The van der Waals surface area contributed by atoms with Crippen LogP contribution in [0.5, 0.6) is 0 Å². The van der Waals surface area contributed by atoms with Gasteiger partial charge in [0.1, 0.15) is 0 Å². The molecule has 1 aromatic heterocycles. The van der Waals surface area contributed by atoms with Crippen LogP contribution in [0.3, 0.4) is 0 Å². The van der Waals surface area contributed by atoms with Crippen molar-refractivity contribution in [2.45, 2.75) is 64.7 Å². The molecular weight excluding hydrogens is 556 g/mol. The first kappa shape index (κ1) is 31.6. The van der Waals surface area contributed by atoms with E-state index in [1.54, 1.807) is 33.5 Å². The molecule has 0 spiro atoms. The maximum Gasteiger partial charge on any atom is 0.260 e. The molecule has 0 N–H and O–H groups in total. The molecule has 2 aromatic carbocycles. The summed E-state index contributed by atoms with van der Waals surface area (Å²) in [6.07, 6.45) is 4.30. The normalized spacial score (nSPS) is 14.7. The minimum Gasteiger partial charge on any atom is -0.379 e. The fourth-order valence-corrected chi connectivity index (χ4v) is 7.53. The molecule has 4 rings (SSSR count). The summed E-state index contributed by atoms with van der Waals surface area (Å²) in [6.45, 7) is 14.0. The number of anilines is 1. The van der Waals surface area contributed by atoms with Gasteiger partial charge in [-0.1, -0.05) is 38.0 Å². The van der Waals surface area contributed by atoms with E-state index in [0.29, 0.717) is 30.3 Å². The van der Waals surface area contributed by atoms with Crippen molar-refractivity contribution in [1.29, 1.82) is 0 Å². The molecule has 8 nitrogen and oxygen atoms in total. The lowest BCUT2D eigenvalue weighted by molar-refractivity contribution is 0.0376. The number of benzene rings is 2. The highest BCUT2D eigenvalue weighted by atomic mass is 32.2. The van der Waals surface area contributed by atoms with E-state index in [2.05, 4.69) is 44.7 Å². The maximum absolute atomic E-state index is 13.9. The lowest BCUT2D eigenvalue weighted by atomic mass is 10.1.